The summed E-state index contributed by atoms with van der Waals surface area (Å²) in [5, 5.41) is 9.99. The number of nitrogens with zero attached hydrogens (tertiary/aromatic N) is 7. The van der Waals surface area contributed by atoms with Crippen molar-refractivity contribution in [2.24, 2.45) is 0 Å². The molecule has 0 bridgehead atoms. The molecule has 2 fully saturated rings. The Labute approximate surface area is 204 Å². The Bertz CT molecular complexity index is 1300. The highest BCUT2D eigenvalue weighted by molar-refractivity contribution is 5.86. The van der Waals surface area contributed by atoms with Gasteiger partial charge in [0, 0.05) is 50.5 Å². The maximum absolute atomic E-state index is 9.99. The van der Waals surface area contributed by atoms with E-state index in [0.717, 1.165) is 62.5 Å². The average Bonchev–Trinajstić information content (AvgIpc) is 3.34. The fraction of sp³-hybridized carbons (Fsp3) is 0.385. The molecule has 0 radical (unpaired) electrons. The minimum Gasteiger partial charge on any atom is -0.506 e. The third kappa shape index (κ3) is 4.56. The van der Waals surface area contributed by atoms with Crippen LogP contribution < -0.4 is 4.90 Å². The lowest BCUT2D eigenvalue weighted by atomic mass is 10.0. The Morgan fingerprint density at radius 3 is 2.54 bits per heavy atom. The van der Waals surface area contributed by atoms with Gasteiger partial charge in [-0.15, -0.1) is 0 Å². The summed E-state index contributed by atoms with van der Waals surface area (Å²) in [6.07, 6.45) is 7.10. The van der Waals surface area contributed by atoms with Crippen molar-refractivity contribution in [2.75, 3.05) is 44.3 Å². The second-order valence-electron chi connectivity index (χ2n) is 9.22. The van der Waals surface area contributed by atoms with E-state index in [9.17, 15) is 5.11 Å². The van der Waals surface area contributed by atoms with E-state index in [1.807, 2.05) is 6.33 Å². The lowest BCUT2D eigenvalue weighted by Crippen LogP contribution is -2.37. The molecule has 4 aromatic rings. The monoisotopic (exact) mass is 471 g/mol. The van der Waals surface area contributed by atoms with Gasteiger partial charge in [-0.1, -0.05) is 30.3 Å². The van der Waals surface area contributed by atoms with Gasteiger partial charge in [0.1, 0.15) is 5.75 Å². The third-order valence-corrected chi connectivity index (χ3v) is 6.90. The number of benzene rings is 1. The van der Waals surface area contributed by atoms with Gasteiger partial charge < -0.3 is 19.3 Å². The van der Waals surface area contributed by atoms with Gasteiger partial charge in [0.05, 0.1) is 25.7 Å². The van der Waals surface area contributed by atoms with Gasteiger partial charge in [-0.3, -0.25) is 9.88 Å². The highest BCUT2D eigenvalue weighted by atomic mass is 16.5. The number of rotatable bonds is 5. The molecular formula is C26H29N7O2. The summed E-state index contributed by atoms with van der Waals surface area (Å²) in [7, 11) is 0. The van der Waals surface area contributed by atoms with Crippen LogP contribution in [0, 0.1) is 0 Å². The first kappa shape index (κ1) is 21.9. The fourth-order valence-electron chi connectivity index (χ4n) is 5.04. The standard InChI is InChI=1S/C26H29N7O2/c34-22-14-20(15-27-16-22)24-29-25(32-10-12-35-13-11-32)23-26(30-24)33(18-28-23)21-6-8-31(9-7-21)17-19-4-2-1-3-5-19/h1-5,14-16,18,21,34H,6-13,17H2. The van der Waals surface area contributed by atoms with E-state index in [1.165, 1.54) is 11.8 Å². The van der Waals surface area contributed by atoms with E-state index >= 15 is 0 Å². The van der Waals surface area contributed by atoms with Crippen molar-refractivity contribution in [1.29, 1.82) is 0 Å². The van der Waals surface area contributed by atoms with Crippen LogP contribution in [0.2, 0.25) is 0 Å². The second kappa shape index (κ2) is 9.59. The molecule has 6 rings (SSSR count). The van der Waals surface area contributed by atoms with Crippen molar-refractivity contribution in [3.63, 3.8) is 0 Å². The molecule has 0 aliphatic carbocycles. The fourth-order valence-corrected chi connectivity index (χ4v) is 5.04. The number of aromatic hydroxyl groups is 1. The van der Waals surface area contributed by atoms with Crippen molar-refractivity contribution in [3.8, 4) is 17.1 Å². The van der Waals surface area contributed by atoms with Crippen molar-refractivity contribution in [1.82, 2.24) is 29.4 Å². The van der Waals surface area contributed by atoms with E-state index in [4.69, 9.17) is 19.7 Å². The number of likely N-dealkylation sites (tertiary alicyclic amines) is 1. The smallest absolute Gasteiger partial charge is 0.166 e. The van der Waals surface area contributed by atoms with Crippen LogP contribution in [0.3, 0.4) is 0 Å². The lowest BCUT2D eigenvalue weighted by molar-refractivity contribution is 0.122. The highest BCUT2D eigenvalue weighted by Crippen LogP contribution is 2.32. The maximum Gasteiger partial charge on any atom is 0.166 e. The zero-order valence-electron chi connectivity index (χ0n) is 19.6. The zero-order valence-corrected chi connectivity index (χ0v) is 19.6. The number of piperidine rings is 1. The first-order chi connectivity index (χ1) is 17.2. The quantitative estimate of drug-likeness (QED) is 0.474. The number of aromatic nitrogens is 5. The summed E-state index contributed by atoms with van der Waals surface area (Å²) >= 11 is 0. The van der Waals surface area contributed by atoms with Crippen LogP contribution in [0.15, 0.2) is 55.1 Å². The Morgan fingerprint density at radius 1 is 0.971 bits per heavy atom. The third-order valence-electron chi connectivity index (χ3n) is 6.90. The predicted molar refractivity (Wildman–Crippen MR) is 133 cm³/mol. The van der Waals surface area contributed by atoms with Crippen molar-refractivity contribution < 1.29 is 9.84 Å². The number of pyridine rings is 1. The van der Waals surface area contributed by atoms with Gasteiger partial charge in [0.15, 0.2) is 22.8 Å². The molecular weight excluding hydrogens is 442 g/mol. The molecule has 0 unspecified atom stereocenters. The minimum atomic E-state index is 0.0958. The molecule has 0 saturated carbocycles. The molecule has 0 atom stereocenters. The molecule has 2 saturated heterocycles. The molecule has 2 aliphatic rings. The van der Waals surface area contributed by atoms with Crippen molar-refractivity contribution in [2.45, 2.75) is 25.4 Å². The lowest BCUT2D eigenvalue weighted by Gasteiger charge is -2.32. The van der Waals surface area contributed by atoms with Gasteiger partial charge >= 0.3 is 0 Å². The Morgan fingerprint density at radius 2 is 1.77 bits per heavy atom. The van der Waals surface area contributed by atoms with Gasteiger partial charge in [-0.25, -0.2) is 15.0 Å². The van der Waals surface area contributed by atoms with Crippen LogP contribution >= 0.6 is 0 Å². The molecule has 5 heterocycles. The minimum absolute atomic E-state index is 0.0958. The van der Waals surface area contributed by atoms with E-state index in [-0.39, 0.29) is 5.75 Å². The van der Waals surface area contributed by atoms with E-state index in [0.29, 0.717) is 30.6 Å². The van der Waals surface area contributed by atoms with Crippen molar-refractivity contribution >= 4 is 17.0 Å². The summed E-state index contributed by atoms with van der Waals surface area (Å²) in [5.41, 5.74) is 3.69. The molecule has 35 heavy (non-hydrogen) atoms. The Hall–Kier alpha value is -3.56. The van der Waals surface area contributed by atoms with Gasteiger partial charge in [0.25, 0.3) is 0 Å². The van der Waals surface area contributed by atoms with Crippen LogP contribution in [0.25, 0.3) is 22.6 Å². The molecule has 1 aromatic carbocycles. The largest absolute Gasteiger partial charge is 0.506 e. The summed E-state index contributed by atoms with van der Waals surface area (Å²) in [5.74, 6) is 1.46. The average molecular weight is 472 g/mol. The molecule has 180 valence electrons. The van der Waals surface area contributed by atoms with E-state index in [1.54, 1.807) is 12.3 Å². The van der Waals surface area contributed by atoms with Gasteiger partial charge in [-0.05, 0) is 24.5 Å². The van der Waals surface area contributed by atoms with Gasteiger partial charge in [-0.2, -0.15) is 0 Å². The summed E-state index contributed by atoms with van der Waals surface area (Å²) < 4.78 is 7.78. The number of morpholine rings is 1. The number of hydrogen-bond donors (Lipinski definition) is 1. The summed E-state index contributed by atoms with van der Waals surface area (Å²) in [4.78, 5) is 23.5. The number of imidazole rings is 1. The van der Waals surface area contributed by atoms with Crippen LogP contribution in [0.4, 0.5) is 5.82 Å². The molecule has 2 aliphatic heterocycles. The number of ether oxygens (including phenoxy) is 1. The predicted octanol–water partition coefficient (Wildman–Crippen LogP) is 3.27. The number of fused-ring (bicyclic) bond motifs is 1. The Balaban J connectivity index is 1.31. The number of anilines is 1. The van der Waals surface area contributed by atoms with Crippen LogP contribution in [-0.2, 0) is 11.3 Å². The van der Waals surface area contributed by atoms with Crippen LogP contribution in [-0.4, -0.2) is 73.9 Å². The van der Waals surface area contributed by atoms with Crippen molar-refractivity contribution in [3.05, 3.63) is 60.7 Å². The molecule has 9 nitrogen and oxygen atoms in total. The van der Waals surface area contributed by atoms with Crippen LogP contribution in [0.5, 0.6) is 5.75 Å². The zero-order chi connectivity index (χ0) is 23.6. The normalized spacial score (nSPS) is 17.8. The topological polar surface area (TPSA) is 92.4 Å². The first-order valence-electron chi connectivity index (χ1n) is 12.2. The van der Waals surface area contributed by atoms with E-state index in [2.05, 4.69) is 49.7 Å². The maximum atomic E-state index is 9.99. The molecule has 9 heteroatoms. The van der Waals surface area contributed by atoms with Gasteiger partial charge in [0.2, 0.25) is 0 Å². The first-order valence-corrected chi connectivity index (χ1v) is 12.2. The summed E-state index contributed by atoms with van der Waals surface area (Å²) in [6.45, 7) is 5.89. The molecule has 1 N–H and O–H groups in total. The number of hydrogen-bond acceptors (Lipinski definition) is 8. The van der Waals surface area contributed by atoms with E-state index < -0.39 is 0 Å². The Kier molecular flexibility index (Phi) is 6.01. The highest BCUT2D eigenvalue weighted by Gasteiger charge is 2.26. The molecule has 0 amide bonds. The molecule has 0 spiro atoms. The summed E-state index contributed by atoms with van der Waals surface area (Å²) in [6, 6.07) is 12.6. The SMILES string of the molecule is Oc1cncc(-c2nc(N3CCOCC3)c3ncn(C4CCN(Cc5ccccc5)CC4)c3n2)c1. The molecule has 3 aromatic heterocycles. The van der Waals surface area contributed by atoms with Crippen LogP contribution in [0.1, 0.15) is 24.4 Å². The second-order valence-corrected chi connectivity index (χ2v) is 9.22.